The second-order valence-electron chi connectivity index (χ2n) is 10.3. The summed E-state index contributed by atoms with van der Waals surface area (Å²) >= 11 is 1.06. The molecule has 2 aliphatic heterocycles. The number of aliphatic imine (C=N–C) groups is 2. The van der Waals surface area contributed by atoms with Gasteiger partial charge in [-0.1, -0.05) is 11.2 Å². The Labute approximate surface area is 262 Å². The number of nitrogens with two attached hydrogens (primary N) is 3. The van der Waals surface area contributed by atoms with E-state index >= 15 is 0 Å². The fourth-order valence-corrected chi connectivity index (χ4v) is 5.48. The molecule has 1 aromatic carbocycles. The molecule has 2 aliphatic rings. The van der Waals surface area contributed by atoms with E-state index in [4.69, 9.17) is 31.3 Å². The van der Waals surface area contributed by atoms with Gasteiger partial charge in [-0.2, -0.15) is 13.5 Å². The van der Waals surface area contributed by atoms with E-state index < -0.39 is 33.8 Å². The first-order valence-corrected chi connectivity index (χ1v) is 15.8. The van der Waals surface area contributed by atoms with Crippen LogP contribution in [0.25, 0.3) is 0 Å². The fourth-order valence-electron chi connectivity index (χ4n) is 4.48. The van der Waals surface area contributed by atoms with E-state index in [-0.39, 0.29) is 29.8 Å². The van der Waals surface area contributed by atoms with Crippen LogP contribution in [0.1, 0.15) is 37.1 Å². The third-order valence-electron chi connectivity index (χ3n) is 6.75. The van der Waals surface area contributed by atoms with Crippen LogP contribution < -0.4 is 27.3 Å². The highest BCUT2D eigenvalue weighted by molar-refractivity contribution is 7.80. The number of hydroxylamine groups is 2. The summed E-state index contributed by atoms with van der Waals surface area (Å²) in [4.78, 5) is 45.3. The molecule has 3 heterocycles. The zero-order chi connectivity index (χ0) is 32.8. The number of ether oxygens (including phenoxy) is 1. The molecule has 18 nitrogen and oxygen atoms in total. The highest BCUT2D eigenvalue weighted by Gasteiger charge is 2.58. The van der Waals surface area contributed by atoms with Crippen molar-refractivity contribution in [2.24, 2.45) is 26.6 Å². The molecule has 2 aromatic rings. The quantitative estimate of drug-likeness (QED) is 0.0421. The van der Waals surface area contributed by atoms with Crippen molar-refractivity contribution in [1.29, 1.82) is 0 Å². The molecule has 4 rings (SSSR count). The fraction of sp³-hybridized carbons (Fsp3) is 0.440. The number of aromatic nitrogens is 1. The molecule has 1 fully saturated rings. The molecule has 244 valence electrons. The van der Waals surface area contributed by atoms with E-state index in [9.17, 15) is 18.0 Å². The van der Waals surface area contributed by atoms with E-state index in [1.54, 1.807) is 0 Å². The highest BCUT2D eigenvalue weighted by Crippen LogP contribution is 2.33. The van der Waals surface area contributed by atoms with Crippen molar-refractivity contribution in [2.75, 3.05) is 32.0 Å². The topological polar surface area (TPSA) is 263 Å². The number of benzene rings is 1. The Hall–Kier alpha value is -4.53. The second kappa shape index (κ2) is 14.1. The Morgan fingerprint density at radius 3 is 2.69 bits per heavy atom. The summed E-state index contributed by atoms with van der Waals surface area (Å²) in [5, 5.41) is 8.46. The second-order valence-corrected chi connectivity index (χ2v) is 12.2. The van der Waals surface area contributed by atoms with Gasteiger partial charge in [-0.15, -0.1) is 15.6 Å². The van der Waals surface area contributed by atoms with Gasteiger partial charge in [0.05, 0.1) is 11.9 Å². The first-order chi connectivity index (χ1) is 21.3. The lowest BCUT2D eigenvalue weighted by Gasteiger charge is -2.50. The number of nitrogens with zero attached hydrogens (tertiary/aromatic N) is 6. The maximum absolute atomic E-state index is 13.1. The van der Waals surface area contributed by atoms with E-state index in [0.29, 0.717) is 43.0 Å². The zero-order valence-corrected chi connectivity index (χ0v) is 26.1. The number of anilines is 1. The van der Waals surface area contributed by atoms with Gasteiger partial charge in [0.15, 0.2) is 23.4 Å². The average Bonchev–Trinajstić information content (AvgIpc) is 3.61. The molecule has 1 saturated heterocycles. The number of thiazole rings is 1. The summed E-state index contributed by atoms with van der Waals surface area (Å²) in [6.07, 6.45) is 2.01. The van der Waals surface area contributed by atoms with E-state index in [2.05, 4.69) is 29.7 Å². The van der Waals surface area contributed by atoms with Crippen LogP contribution in [0, 0.1) is 0 Å². The molecular weight excluding hydrogens is 632 g/mol. The molecule has 1 atom stereocenters. The molecule has 45 heavy (non-hydrogen) atoms. The summed E-state index contributed by atoms with van der Waals surface area (Å²) < 4.78 is 41.2. The summed E-state index contributed by atoms with van der Waals surface area (Å²) in [5.74, 6) is -0.689. The van der Waals surface area contributed by atoms with Gasteiger partial charge in [-0.25, -0.2) is 4.98 Å². The van der Waals surface area contributed by atoms with Crippen LogP contribution in [0.5, 0.6) is 5.75 Å². The number of carbonyl (C=O) groups is 2. The van der Waals surface area contributed by atoms with Crippen LogP contribution in [-0.2, 0) is 42.2 Å². The van der Waals surface area contributed by atoms with Crippen LogP contribution in [0.3, 0.4) is 0 Å². The van der Waals surface area contributed by atoms with Crippen LogP contribution in [0.4, 0.5) is 5.13 Å². The van der Waals surface area contributed by atoms with Gasteiger partial charge < -0.3 is 37.0 Å². The standard InChI is InChI=1S/C25H34N10O8S2/c1-25(2)20(22(37)35(25)43-45(38,39)40)32-21(36)19(18-13-44-24(28)31-18)33-42-9-8-41-17-5-4-15-11-34(12-16(15)10-17)23(27)30-7-3-6-29-14-26/h4-5,10,13-14,20H,3,6-9,11-12H2,1-2H3,(H2,26,29)(H2,27,30)(H2,28,31)(H,32,36)(H,38,39,40)/b33-19-/t20-/m1/s1. The molecule has 0 unspecified atom stereocenters. The minimum atomic E-state index is -4.95. The summed E-state index contributed by atoms with van der Waals surface area (Å²) in [7, 11) is -4.95. The SMILES string of the molecule is CC1(C)[C@H](NC(=O)/C(=N\OCCOc2ccc3c(c2)CN(C(N)=NCCCN=CN)C3)c2csc(N)n2)C(=O)N1OS(=O)(=O)O. The maximum atomic E-state index is 13.1. The molecule has 0 radical (unpaired) electrons. The monoisotopic (exact) mass is 666 g/mol. The van der Waals surface area contributed by atoms with Crippen LogP contribution in [0.2, 0.25) is 0 Å². The van der Waals surface area contributed by atoms with Gasteiger partial charge >= 0.3 is 10.4 Å². The van der Waals surface area contributed by atoms with E-state index in [1.807, 2.05) is 23.1 Å². The van der Waals surface area contributed by atoms with Crippen molar-refractivity contribution in [3.63, 3.8) is 0 Å². The predicted octanol–water partition coefficient (Wildman–Crippen LogP) is -0.628. The van der Waals surface area contributed by atoms with Crippen LogP contribution in [0.15, 0.2) is 38.7 Å². The zero-order valence-electron chi connectivity index (χ0n) is 24.5. The highest BCUT2D eigenvalue weighted by atomic mass is 32.3. The maximum Gasteiger partial charge on any atom is 0.418 e. The number of oxime groups is 1. The van der Waals surface area contributed by atoms with E-state index in [1.165, 1.54) is 25.6 Å². The van der Waals surface area contributed by atoms with Gasteiger partial charge in [0.1, 0.15) is 24.1 Å². The first kappa shape index (κ1) is 33.4. The van der Waals surface area contributed by atoms with Crippen LogP contribution >= 0.6 is 11.3 Å². The number of β-lactam (4-membered cyclic amide) rings is 1. The van der Waals surface area contributed by atoms with Crippen molar-refractivity contribution in [3.8, 4) is 5.75 Å². The van der Waals surface area contributed by atoms with Gasteiger partial charge in [0.2, 0.25) is 0 Å². The summed E-state index contributed by atoms with van der Waals surface area (Å²) in [6.45, 7) is 5.25. The summed E-state index contributed by atoms with van der Waals surface area (Å²) in [6, 6.07) is 4.48. The third-order valence-corrected chi connectivity index (χ3v) is 7.76. The van der Waals surface area contributed by atoms with Crippen molar-refractivity contribution in [3.05, 3.63) is 40.4 Å². The normalized spacial score (nSPS) is 18.2. The average molecular weight is 667 g/mol. The number of nitrogen functional groups attached to an aromatic ring is 1. The van der Waals surface area contributed by atoms with Gasteiger partial charge in [0, 0.05) is 31.6 Å². The molecule has 0 aliphatic carbocycles. The van der Waals surface area contributed by atoms with Crippen molar-refractivity contribution in [2.45, 2.75) is 44.9 Å². The van der Waals surface area contributed by atoms with Crippen LogP contribution in [-0.4, -0.2) is 95.6 Å². The molecule has 8 N–H and O–H groups in total. The van der Waals surface area contributed by atoms with Gasteiger partial charge in [-0.3, -0.25) is 24.1 Å². The molecule has 0 bridgehead atoms. The number of hydrogen-bond donors (Lipinski definition) is 5. The molecule has 2 amide bonds. The molecule has 0 spiro atoms. The Balaban J connectivity index is 1.31. The lowest BCUT2D eigenvalue weighted by Crippen LogP contribution is -2.76. The van der Waals surface area contributed by atoms with Gasteiger partial charge in [0.25, 0.3) is 11.8 Å². The smallest absolute Gasteiger partial charge is 0.418 e. The molecule has 20 heteroatoms. The number of guanidine groups is 1. The molecule has 0 saturated carbocycles. The Bertz CT molecular complexity index is 1610. The minimum absolute atomic E-state index is 0.0444. The predicted molar refractivity (Wildman–Crippen MR) is 164 cm³/mol. The number of carbonyl (C=O) groups excluding carboxylic acids is 2. The Morgan fingerprint density at radius 2 is 2.02 bits per heavy atom. The molecular formula is C25H34N10O8S2. The summed E-state index contributed by atoms with van der Waals surface area (Å²) in [5.41, 5.74) is 17.8. The van der Waals surface area contributed by atoms with E-state index in [0.717, 1.165) is 28.9 Å². The molecule has 1 aromatic heterocycles. The lowest BCUT2D eigenvalue weighted by molar-refractivity contribution is -0.218. The van der Waals surface area contributed by atoms with Gasteiger partial charge in [-0.05, 0) is 43.5 Å². The Morgan fingerprint density at radius 1 is 1.27 bits per heavy atom. The number of fused-ring (bicyclic) bond motifs is 1. The minimum Gasteiger partial charge on any atom is -0.490 e. The number of amides is 2. The third kappa shape index (κ3) is 8.35. The van der Waals surface area contributed by atoms with Crippen molar-refractivity contribution >= 4 is 56.7 Å². The lowest BCUT2D eigenvalue weighted by atomic mass is 9.84. The first-order valence-electron chi connectivity index (χ1n) is 13.5. The number of hydrogen-bond acceptors (Lipinski definition) is 13. The van der Waals surface area contributed by atoms with Crippen molar-refractivity contribution in [1.82, 2.24) is 20.3 Å². The largest absolute Gasteiger partial charge is 0.490 e. The van der Waals surface area contributed by atoms with Crippen molar-refractivity contribution < 1.29 is 36.4 Å². The number of rotatable bonds is 14. The number of nitrogens with one attached hydrogen (secondary N) is 1. The Kier molecular flexibility index (Phi) is 10.4.